The molecule has 1 aromatic carbocycles. The Bertz CT molecular complexity index is 575. The number of aryl methyl sites for hydroxylation is 1. The Kier molecular flexibility index (Phi) is 3.33. The van der Waals surface area contributed by atoms with Gasteiger partial charge in [-0.15, -0.1) is 0 Å². The van der Waals surface area contributed by atoms with Gasteiger partial charge in [0.2, 0.25) is 0 Å². The molecular formula is C13H12N2O4. The van der Waals surface area contributed by atoms with Crippen LogP contribution in [0.5, 0.6) is 0 Å². The van der Waals surface area contributed by atoms with E-state index in [4.69, 9.17) is 5.11 Å². The fourth-order valence-electron chi connectivity index (χ4n) is 1.68. The van der Waals surface area contributed by atoms with Crippen molar-refractivity contribution < 1.29 is 19.5 Å². The average Bonchev–Trinajstić information content (AvgIpc) is 2.60. The van der Waals surface area contributed by atoms with Gasteiger partial charge in [0, 0.05) is 0 Å². The third-order valence-electron chi connectivity index (χ3n) is 2.64. The van der Waals surface area contributed by atoms with Crippen LogP contribution in [-0.4, -0.2) is 34.5 Å². The molecule has 0 radical (unpaired) electrons. The largest absolute Gasteiger partial charge is 0.480 e. The van der Waals surface area contributed by atoms with Crippen LogP contribution in [0.1, 0.15) is 11.1 Å². The summed E-state index contributed by atoms with van der Waals surface area (Å²) >= 11 is 0. The number of rotatable bonds is 3. The van der Waals surface area contributed by atoms with Crippen LogP contribution in [0.3, 0.4) is 0 Å². The molecule has 1 aliphatic rings. The van der Waals surface area contributed by atoms with Crippen LogP contribution in [0.15, 0.2) is 30.0 Å². The highest BCUT2D eigenvalue weighted by atomic mass is 16.4. The first-order chi connectivity index (χ1) is 8.97. The predicted octanol–water partition coefficient (Wildman–Crippen LogP) is 0.972. The third-order valence-corrected chi connectivity index (χ3v) is 2.64. The van der Waals surface area contributed by atoms with Crippen LogP contribution >= 0.6 is 0 Å². The summed E-state index contributed by atoms with van der Waals surface area (Å²) in [6.07, 6.45) is 1.52. The molecule has 19 heavy (non-hydrogen) atoms. The molecule has 0 aliphatic carbocycles. The highest BCUT2D eigenvalue weighted by Gasteiger charge is 2.34. The average molecular weight is 260 g/mol. The molecule has 6 nitrogen and oxygen atoms in total. The van der Waals surface area contributed by atoms with Crippen molar-refractivity contribution in [3.63, 3.8) is 0 Å². The van der Waals surface area contributed by atoms with Gasteiger partial charge >= 0.3 is 12.0 Å². The van der Waals surface area contributed by atoms with Crippen molar-refractivity contribution in [1.29, 1.82) is 0 Å². The standard InChI is InChI=1S/C13H12N2O4/c1-8-2-4-9(5-3-8)6-10-12(18)15(7-11(16)17)13(19)14-10/h2-6H,7H2,1H3,(H,14,19)(H,16,17)/b10-6+. The van der Waals surface area contributed by atoms with Crippen LogP contribution < -0.4 is 5.32 Å². The number of imide groups is 1. The number of hydrogen-bond donors (Lipinski definition) is 2. The van der Waals surface area contributed by atoms with E-state index in [9.17, 15) is 14.4 Å². The minimum absolute atomic E-state index is 0.0788. The minimum atomic E-state index is -1.24. The van der Waals surface area contributed by atoms with Gasteiger partial charge in [-0.05, 0) is 18.6 Å². The summed E-state index contributed by atoms with van der Waals surface area (Å²) < 4.78 is 0. The molecule has 0 spiro atoms. The number of nitrogens with one attached hydrogen (secondary N) is 1. The molecule has 0 unspecified atom stereocenters. The lowest BCUT2D eigenvalue weighted by atomic mass is 10.1. The molecule has 2 N–H and O–H groups in total. The number of nitrogens with zero attached hydrogens (tertiary/aromatic N) is 1. The summed E-state index contributed by atoms with van der Waals surface area (Å²) in [6.45, 7) is 1.30. The predicted molar refractivity (Wildman–Crippen MR) is 67.0 cm³/mol. The summed E-state index contributed by atoms with van der Waals surface area (Å²) in [5.74, 6) is -1.87. The van der Waals surface area contributed by atoms with Crippen molar-refractivity contribution in [2.75, 3.05) is 6.54 Å². The van der Waals surface area contributed by atoms with E-state index in [0.29, 0.717) is 4.90 Å². The highest BCUT2D eigenvalue weighted by Crippen LogP contribution is 2.14. The first kappa shape index (κ1) is 12.8. The SMILES string of the molecule is Cc1ccc(/C=C2/NC(=O)N(CC(=O)O)C2=O)cc1. The van der Waals surface area contributed by atoms with Crippen LogP contribution in [-0.2, 0) is 9.59 Å². The second kappa shape index (κ2) is 4.93. The van der Waals surface area contributed by atoms with E-state index in [1.807, 2.05) is 31.2 Å². The molecule has 0 bridgehead atoms. The quantitative estimate of drug-likeness (QED) is 0.626. The van der Waals surface area contributed by atoms with Gasteiger partial charge in [0.15, 0.2) is 0 Å². The van der Waals surface area contributed by atoms with Gasteiger partial charge in [-0.1, -0.05) is 29.8 Å². The number of carboxylic acids is 1. The van der Waals surface area contributed by atoms with Crippen LogP contribution in [0.2, 0.25) is 0 Å². The normalized spacial score (nSPS) is 16.9. The molecule has 3 amide bonds. The number of carboxylic acid groups (broad SMARTS) is 1. The zero-order chi connectivity index (χ0) is 14.0. The molecule has 1 saturated heterocycles. The Morgan fingerprint density at radius 3 is 2.53 bits per heavy atom. The number of carbonyl (C=O) groups excluding carboxylic acids is 2. The second-order valence-corrected chi connectivity index (χ2v) is 4.18. The van der Waals surface area contributed by atoms with Gasteiger partial charge in [0.05, 0.1) is 0 Å². The maximum Gasteiger partial charge on any atom is 0.329 e. The lowest BCUT2D eigenvalue weighted by Gasteiger charge is -2.06. The van der Waals surface area contributed by atoms with Gasteiger partial charge in [-0.3, -0.25) is 9.59 Å². The zero-order valence-corrected chi connectivity index (χ0v) is 10.2. The molecular weight excluding hydrogens is 248 g/mol. The maximum atomic E-state index is 11.8. The summed E-state index contributed by atoms with van der Waals surface area (Å²) in [5, 5.41) is 11.0. The lowest BCUT2D eigenvalue weighted by molar-refractivity contribution is -0.140. The molecule has 1 fully saturated rings. The summed E-state index contributed by atoms with van der Waals surface area (Å²) in [4.78, 5) is 34.5. The zero-order valence-electron chi connectivity index (χ0n) is 10.2. The van der Waals surface area contributed by atoms with Crippen molar-refractivity contribution in [1.82, 2.24) is 10.2 Å². The van der Waals surface area contributed by atoms with E-state index < -0.39 is 24.5 Å². The molecule has 1 aliphatic heterocycles. The molecule has 1 heterocycles. The second-order valence-electron chi connectivity index (χ2n) is 4.18. The lowest BCUT2D eigenvalue weighted by Crippen LogP contribution is -2.35. The highest BCUT2D eigenvalue weighted by molar-refractivity contribution is 6.15. The van der Waals surface area contributed by atoms with Gasteiger partial charge in [0.25, 0.3) is 5.91 Å². The number of hydrogen-bond acceptors (Lipinski definition) is 3. The molecule has 2 rings (SSSR count). The maximum absolute atomic E-state index is 11.8. The minimum Gasteiger partial charge on any atom is -0.480 e. The van der Waals surface area contributed by atoms with Crippen molar-refractivity contribution >= 4 is 24.0 Å². The molecule has 0 saturated carbocycles. The van der Waals surface area contributed by atoms with E-state index in [2.05, 4.69) is 5.32 Å². The van der Waals surface area contributed by atoms with E-state index in [1.54, 1.807) is 0 Å². The van der Waals surface area contributed by atoms with Crippen molar-refractivity contribution in [2.45, 2.75) is 6.92 Å². The summed E-state index contributed by atoms with van der Waals surface area (Å²) in [7, 11) is 0. The number of aliphatic carboxylic acids is 1. The van der Waals surface area contributed by atoms with Gasteiger partial charge in [-0.25, -0.2) is 9.69 Å². The smallest absolute Gasteiger partial charge is 0.329 e. The van der Waals surface area contributed by atoms with Gasteiger partial charge in [-0.2, -0.15) is 0 Å². The molecule has 0 atom stereocenters. The Morgan fingerprint density at radius 2 is 1.95 bits per heavy atom. The van der Waals surface area contributed by atoms with E-state index in [0.717, 1.165) is 11.1 Å². The van der Waals surface area contributed by atoms with Gasteiger partial charge in [0.1, 0.15) is 12.2 Å². The Labute approximate surface area is 109 Å². The van der Waals surface area contributed by atoms with Crippen LogP contribution in [0.25, 0.3) is 6.08 Å². The first-order valence-electron chi connectivity index (χ1n) is 5.60. The summed E-state index contributed by atoms with van der Waals surface area (Å²) in [5.41, 5.74) is 1.91. The fraction of sp³-hybridized carbons (Fsp3) is 0.154. The molecule has 6 heteroatoms. The number of carbonyl (C=O) groups is 3. The fourth-order valence-corrected chi connectivity index (χ4v) is 1.68. The molecule has 0 aromatic heterocycles. The van der Waals surface area contributed by atoms with Gasteiger partial charge < -0.3 is 10.4 Å². The van der Waals surface area contributed by atoms with E-state index in [-0.39, 0.29) is 5.70 Å². The van der Waals surface area contributed by atoms with Crippen molar-refractivity contribution in [3.8, 4) is 0 Å². The number of benzene rings is 1. The molecule has 1 aromatic rings. The number of urea groups is 1. The van der Waals surface area contributed by atoms with E-state index in [1.165, 1.54) is 6.08 Å². The van der Waals surface area contributed by atoms with E-state index >= 15 is 0 Å². The van der Waals surface area contributed by atoms with Crippen LogP contribution in [0.4, 0.5) is 4.79 Å². The molecule has 98 valence electrons. The van der Waals surface area contributed by atoms with Crippen molar-refractivity contribution in [2.24, 2.45) is 0 Å². The topological polar surface area (TPSA) is 86.7 Å². The monoisotopic (exact) mass is 260 g/mol. The van der Waals surface area contributed by atoms with Crippen molar-refractivity contribution in [3.05, 3.63) is 41.1 Å². The third kappa shape index (κ3) is 2.79. The Balaban J connectivity index is 2.23. The van der Waals surface area contributed by atoms with Crippen LogP contribution in [0, 0.1) is 6.92 Å². The number of amides is 3. The Morgan fingerprint density at radius 1 is 1.32 bits per heavy atom. The first-order valence-corrected chi connectivity index (χ1v) is 5.60. The Hall–Kier alpha value is -2.63. The summed E-state index contributed by atoms with van der Waals surface area (Å²) in [6, 6.07) is 6.65.